The summed E-state index contributed by atoms with van der Waals surface area (Å²) in [6.07, 6.45) is 0. The molecular weight excluding hydrogens is 567 g/mol. The second-order valence-electron chi connectivity index (χ2n) is 11.2. The van der Waals surface area contributed by atoms with Crippen LogP contribution in [0.15, 0.2) is 152 Å². The van der Waals surface area contributed by atoms with Gasteiger partial charge in [0.1, 0.15) is 0 Å². The van der Waals surface area contributed by atoms with E-state index < -0.39 is 0 Å². The molecule has 3 nitrogen and oxygen atoms in total. The average molecular weight is 592 g/mol. The van der Waals surface area contributed by atoms with Crippen molar-refractivity contribution in [1.82, 2.24) is 15.0 Å². The number of hydrogen-bond donors (Lipinski definition) is 0. The van der Waals surface area contributed by atoms with Crippen molar-refractivity contribution >= 4 is 53.1 Å². The zero-order valence-electron chi connectivity index (χ0n) is 24.2. The van der Waals surface area contributed by atoms with Gasteiger partial charge >= 0.3 is 0 Å². The smallest absolute Gasteiger partial charge is 0.164 e. The average Bonchev–Trinajstić information content (AvgIpc) is 3.49. The molecule has 0 radical (unpaired) electrons. The van der Waals surface area contributed by atoms with Crippen LogP contribution in [0.25, 0.3) is 87.0 Å². The lowest BCUT2D eigenvalue weighted by molar-refractivity contribution is 1.08. The molecule has 9 aromatic rings. The Labute approximate surface area is 264 Å². The van der Waals surface area contributed by atoms with E-state index in [-0.39, 0.29) is 0 Å². The maximum atomic E-state index is 5.15. The van der Waals surface area contributed by atoms with E-state index in [1.807, 2.05) is 18.2 Å². The van der Waals surface area contributed by atoms with E-state index in [0.29, 0.717) is 17.5 Å². The molecule has 0 aliphatic heterocycles. The summed E-state index contributed by atoms with van der Waals surface area (Å²) in [5, 5.41) is 7.28. The van der Waals surface area contributed by atoms with Gasteiger partial charge in [-0.25, -0.2) is 15.0 Å². The van der Waals surface area contributed by atoms with Crippen molar-refractivity contribution in [2.45, 2.75) is 0 Å². The van der Waals surface area contributed by atoms with Crippen LogP contribution >= 0.6 is 11.3 Å². The Kier molecular flexibility index (Phi) is 6.00. The third kappa shape index (κ3) is 4.38. The number of hydrogen-bond acceptors (Lipinski definition) is 4. The number of rotatable bonds is 4. The molecule has 2 heterocycles. The number of thiophene rings is 1. The van der Waals surface area contributed by atoms with Crippen LogP contribution in [0.4, 0.5) is 0 Å². The Morgan fingerprint density at radius 2 is 0.911 bits per heavy atom. The fourth-order valence-electron chi connectivity index (χ4n) is 6.40. The summed E-state index contributed by atoms with van der Waals surface area (Å²) in [7, 11) is 0. The summed E-state index contributed by atoms with van der Waals surface area (Å²) < 4.78 is 2.51. The summed E-state index contributed by atoms with van der Waals surface area (Å²) in [5.74, 6) is 1.99. The second kappa shape index (κ2) is 10.5. The maximum Gasteiger partial charge on any atom is 0.164 e. The van der Waals surface area contributed by atoms with Crippen molar-refractivity contribution < 1.29 is 0 Å². The van der Waals surface area contributed by atoms with Crippen LogP contribution in [0.2, 0.25) is 0 Å². The lowest BCUT2D eigenvalue weighted by atomic mass is 9.92. The van der Waals surface area contributed by atoms with E-state index in [1.54, 1.807) is 11.3 Å². The van der Waals surface area contributed by atoms with Gasteiger partial charge < -0.3 is 0 Å². The minimum absolute atomic E-state index is 0.661. The highest BCUT2D eigenvalue weighted by molar-refractivity contribution is 7.25. The van der Waals surface area contributed by atoms with Gasteiger partial charge in [-0.05, 0) is 50.9 Å². The Morgan fingerprint density at radius 3 is 1.76 bits per heavy atom. The third-order valence-electron chi connectivity index (χ3n) is 8.55. The fraction of sp³-hybridized carbons (Fsp3) is 0. The molecule has 0 N–H and O–H groups in total. The quantitative estimate of drug-likeness (QED) is 0.204. The van der Waals surface area contributed by atoms with Crippen LogP contribution in [0.3, 0.4) is 0 Å². The molecule has 0 spiro atoms. The van der Waals surface area contributed by atoms with Crippen LogP contribution in [-0.4, -0.2) is 15.0 Å². The third-order valence-corrected chi connectivity index (χ3v) is 9.68. The Morgan fingerprint density at radius 1 is 0.333 bits per heavy atom. The SMILES string of the molecule is c1ccc(-c2nc(-c3ccc4c(c3)sc3ccccc34)nc(-c3ccc(-c4cccc5ccccc45)c4ccccc34)n2)cc1. The summed E-state index contributed by atoms with van der Waals surface area (Å²) in [6, 6.07) is 53.3. The van der Waals surface area contributed by atoms with Gasteiger partial charge in [0.25, 0.3) is 0 Å². The van der Waals surface area contributed by atoms with Gasteiger partial charge in [0.2, 0.25) is 0 Å². The van der Waals surface area contributed by atoms with Crippen LogP contribution < -0.4 is 0 Å². The first kappa shape index (κ1) is 25.8. The van der Waals surface area contributed by atoms with E-state index in [1.165, 1.54) is 47.5 Å². The molecule has 0 aliphatic rings. The van der Waals surface area contributed by atoms with Gasteiger partial charge in [0, 0.05) is 36.9 Å². The predicted molar refractivity (Wildman–Crippen MR) is 189 cm³/mol. The number of nitrogens with zero attached hydrogens (tertiary/aromatic N) is 3. The first-order valence-corrected chi connectivity index (χ1v) is 15.9. The van der Waals surface area contributed by atoms with Crippen LogP contribution in [0.5, 0.6) is 0 Å². The summed E-state index contributed by atoms with van der Waals surface area (Å²) in [5.41, 5.74) is 5.33. The van der Waals surface area contributed by atoms with Crippen molar-refractivity contribution in [1.29, 1.82) is 0 Å². The van der Waals surface area contributed by atoms with Crippen LogP contribution in [0, 0.1) is 0 Å². The topological polar surface area (TPSA) is 38.7 Å². The van der Waals surface area contributed by atoms with Crippen molar-refractivity contribution in [3.8, 4) is 45.3 Å². The molecule has 0 aliphatic carbocycles. The van der Waals surface area contributed by atoms with Gasteiger partial charge in [0.15, 0.2) is 17.5 Å². The maximum absolute atomic E-state index is 5.15. The Bertz CT molecular complexity index is 2540. The minimum Gasteiger partial charge on any atom is -0.208 e. The van der Waals surface area contributed by atoms with Gasteiger partial charge in [-0.3, -0.25) is 0 Å². The first-order valence-electron chi connectivity index (χ1n) is 15.0. The lowest BCUT2D eigenvalue weighted by Crippen LogP contribution is -2.00. The monoisotopic (exact) mass is 591 g/mol. The van der Waals surface area contributed by atoms with Crippen LogP contribution in [0.1, 0.15) is 0 Å². The first-order chi connectivity index (χ1) is 22.3. The van der Waals surface area contributed by atoms with Gasteiger partial charge in [-0.1, -0.05) is 133 Å². The molecule has 0 fully saturated rings. The van der Waals surface area contributed by atoms with Crippen molar-refractivity contribution in [3.05, 3.63) is 152 Å². The lowest BCUT2D eigenvalue weighted by Gasteiger charge is -2.14. The molecule has 0 bridgehead atoms. The highest BCUT2D eigenvalue weighted by Gasteiger charge is 2.17. The Hall–Kier alpha value is -5.71. The van der Waals surface area contributed by atoms with Crippen molar-refractivity contribution in [2.24, 2.45) is 0 Å². The van der Waals surface area contributed by atoms with Gasteiger partial charge in [-0.2, -0.15) is 0 Å². The number of benzene rings is 7. The highest BCUT2D eigenvalue weighted by atomic mass is 32.1. The zero-order chi connectivity index (χ0) is 29.7. The number of fused-ring (bicyclic) bond motifs is 5. The molecule has 0 saturated carbocycles. The summed E-state index contributed by atoms with van der Waals surface area (Å²) in [6.45, 7) is 0. The number of aromatic nitrogens is 3. The molecule has 45 heavy (non-hydrogen) atoms. The van der Waals surface area contributed by atoms with E-state index in [0.717, 1.165) is 22.1 Å². The molecule has 210 valence electrons. The van der Waals surface area contributed by atoms with E-state index in [4.69, 9.17) is 15.0 Å². The van der Waals surface area contributed by atoms with Crippen molar-refractivity contribution in [2.75, 3.05) is 0 Å². The molecule has 4 heteroatoms. The van der Waals surface area contributed by atoms with E-state index in [9.17, 15) is 0 Å². The van der Waals surface area contributed by atoms with Gasteiger partial charge in [-0.15, -0.1) is 11.3 Å². The van der Waals surface area contributed by atoms with Crippen molar-refractivity contribution in [3.63, 3.8) is 0 Å². The summed E-state index contributed by atoms with van der Waals surface area (Å²) >= 11 is 1.80. The molecule has 0 unspecified atom stereocenters. The minimum atomic E-state index is 0.661. The molecule has 0 saturated heterocycles. The van der Waals surface area contributed by atoms with Crippen LogP contribution in [-0.2, 0) is 0 Å². The van der Waals surface area contributed by atoms with Gasteiger partial charge in [0.05, 0.1) is 0 Å². The normalized spacial score (nSPS) is 11.6. The molecule has 2 aromatic heterocycles. The highest BCUT2D eigenvalue weighted by Crippen LogP contribution is 2.39. The standard InChI is InChI=1S/C41H25N3S/c1-2-12-27(13-3-1)39-42-40(28-21-22-35-34-18-8-9-20-37(34)45-38(35)25-28)44-41(43-39)36-24-23-33(31-16-6-7-17-32(31)36)30-19-10-14-26-11-4-5-15-29(26)30/h1-25H. The molecule has 0 atom stereocenters. The molecule has 7 aromatic carbocycles. The van der Waals surface area contributed by atoms with E-state index >= 15 is 0 Å². The predicted octanol–water partition coefficient (Wildman–Crippen LogP) is 11.2. The molecule has 9 rings (SSSR count). The second-order valence-corrected chi connectivity index (χ2v) is 12.3. The fourth-order valence-corrected chi connectivity index (χ4v) is 7.54. The molecular formula is C41H25N3S. The summed E-state index contributed by atoms with van der Waals surface area (Å²) in [4.78, 5) is 15.2. The Balaban J connectivity index is 1.26. The van der Waals surface area contributed by atoms with E-state index in [2.05, 4.69) is 133 Å². The molecule has 0 amide bonds. The largest absolute Gasteiger partial charge is 0.208 e. The zero-order valence-corrected chi connectivity index (χ0v) is 25.0.